The Balaban J connectivity index is 2.70. The van der Waals surface area contributed by atoms with Gasteiger partial charge in [0.2, 0.25) is 0 Å². The molecular weight excluding hydrogens is 296 g/mol. The maximum Gasteiger partial charge on any atom is 0.332 e. The Morgan fingerprint density at radius 1 is 1.33 bits per heavy atom. The zero-order valence-electron chi connectivity index (χ0n) is 9.68. The second-order valence-corrected chi connectivity index (χ2v) is 4.64. The van der Waals surface area contributed by atoms with Gasteiger partial charge >= 0.3 is 5.97 Å². The van der Waals surface area contributed by atoms with Crippen molar-refractivity contribution in [3.05, 3.63) is 52.5 Å². The van der Waals surface area contributed by atoms with Gasteiger partial charge in [-0.2, -0.15) is 0 Å². The van der Waals surface area contributed by atoms with Crippen LogP contribution in [0.25, 0.3) is 16.5 Å². The van der Waals surface area contributed by atoms with Crippen molar-refractivity contribution in [2.24, 2.45) is 0 Å². The lowest BCUT2D eigenvalue weighted by atomic mass is 10.0. The third-order valence-corrected chi connectivity index (χ3v) is 3.08. The molecule has 0 amide bonds. The van der Waals surface area contributed by atoms with E-state index in [0.29, 0.717) is 5.76 Å². The zero-order chi connectivity index (χ0) is 13.1. The normalized spacial score (nSPS) is 11.6. The Morgan fingerprint density at radius 2 is 2.11 bits per heavy atom. The van der Waals surface area contributed by atoms with E-state index in [1.54, 1.807) is 0 Å². The van der Waals surface area contributed by atoms with Gasteiger partial charge in [-0.1, -0.05) is 40.2 Å². The van der Waals surface area contributed by atoms with Crippen LogP contribution in [0.4, 0.5) is 0 Å². The van der Waals surface area contributed by atoms with Crippen LogP contribution in [0, 0.1) is 0 Å². The summed E-state index contributed by atoms with van der Waals surface area (Å²) in [7, 11) is 1.46. The van der Waals surface area contributed by atoms with Gasteiger partial charge in [0.25, 0.3) is 0 Å². The van der Waals surface area contributed by atoms with Crippen molar-refractivity contribution in [2.75, 3.05) is 7.11 Å². The number of aliphatic carboxylic acids is 1. The largest absolute Gasteiger partial charge is 0.496 e. The minimum absolute atomic E-state index is 0.339. The highest BCUT2D eigenvalue weighted by atomic mass is 79.9. The first-order valence-corrected chi connectivity index (χ1v) is 6.08. The highest BCUT2D eigenvalue weighted by Gasteiger charge is 2.08. The Morgan fingerprint density at radius 3 is 2.78 bits per heavy atom. The van der Waals surface area contributed by atoms with Crippen LogP contribution in [-0.2, 0) is 9.53 Å². The number of benzene rings is 2. The zero-order valence-corrected chi connectivity index (χ0v) is 11.3. The summed E-state index contributed by atoms with van der Waals surface area (Å²) in [5, 5.41) is 10.8. The Kier molecular flexibility index (Phi) is 3.67. The number of fused-ring (bicyclic) bond motifs is 1. The van der Waals surface area contributed by atoms with Crippen molar-refractivity contribution in [1.82, 2.24) is 0 Å². The number of carboxylic acid groups (broad SMARTS) is 1. The van der Waals surface area contributed by atoms with Crippen LogP contribution in [0.3, 0.4) is 0 Å². The molecule has 1 N–H and O–H groups in total. The number of hydrogen-bond donors (Lipinski definition) is 1. The first-order valence-electron chi connectivity index (χ1n) is 5.29. The Bertz CT molecular complexity index is 632. The molecule has 0 aliphatic rings. The summed E-state index contributed by atoms with van der Waals surface area (Å²) in [4.78, 5) is 10.8. The molecule has 0 spiro atoms. The summed E-state index contributed by atoms with van der Waals surface area (Å²) < 4.78 is 6.10. The van der Waals surface area contributed by atoms with E-state index in [1.165, 1.54) is 7.11 Å². The van der Waals surface area contributed by atoms with Crippen LogP contribution >= 0.6 is 15.9 Å². The van der Waals surface area contributed by atoms with E-state index in [-0.39, 0.29) is 0 Å². The fourth-order valence-electron chi connectivity index (χ4n) is 1.82. The summed E-state index contributed by atoms with van der Waals surface area (Å²) in [6.45, 7) is 0. The predicted molar refractivity (Wildman–Crippen MR) is 74.3 cm³/mol. The number of hydrogen-bond acceptors (Lipinski definition) is 2. The molecule has 0 bridgehead atoms. The topological polar surface area (TPSA) is 46.5 Å². The molecule has 2 rings (SSSR count). The quantitative estimate of drug-likeness (QED) is 0.695. The number of ether oxygens (including phenoxy) is 1. The lowest BCUT2D eigenvalue weighted by Gasteiger charge is -2.09. The van der Waals surface area contributed by atoms with Crippen LogP contribution in [-0.4, -0.2) is 18.2 Å². The molecular formula is C14H11BrO3. The Labute approximate surface area is 113 Å². The van der Waals surface area contributed by atoms with Crippen molar-refractivity contribution >= 4 is 38.4 Å². The molecule has 0 radical (unpaired) electrons. The van der Waals surface area contributed by atoms with Crippen molar-refractivity contribution in [3.63, 3.8) is 0 Å². The average molecular weight is 307 g/mol. The van der Waals surface area contributed by atoms with Crippen LogP contribution in [0.15, 0.2) is 46.9 Å². The summed E-state index contributed by atoms with van der Waals surface area (Å²) in [6.07, 6.45) is 1.07. The van der Waals surface area contributed by atoms with Crippen LogP contribution in [0.2, 0.25) is 0 Å². The van der Waals surface area contributed by atoms with Crippen molar-refractivity contribution in [3.8, 4) is 0 Å². The monoisotopic (exact) mass is 306 g/mol. The van der Waals surface area contributed by atoms with Gasteiger partial charge in [0.05, 0.1) is 13.2 Å². The second-order valence-electron chi connectivity index (χ2n) is 3.72. The smallest absolute Gasteiger partial charge is 0.332 e. The lowest BCUT2D eigenvalue weighted by Crippen LogP contribution is -1.95. The molecule has 4 heteroatoms. The molecule has 0 atom stereocenters. The standard InChI is InChI=1S/C14H11BrO3/c1-18-13(8-14(16)17)11-4-2-3-9-5-6-10(15)7-12(9)11/h2-8H,1H3,(H,16,17). The van der Waals surface area contributed by atoms with Gasteiger partial charge in [0, 0.05) is 10.0 Å². The van der Waals surface area contributed by atoms with Gasteiger partial charge in [-0.25, -0.2) is 4.79 Å². The van der Waals surface area contributed by atoms with E-state index in [1.807, 2.05) is 36.4 Å². The molecule has 3 nitrogen and oxygen atoms in total. The SMILES string of the molecule is COC(=CC(=O)O)c1cccc2ccc(Br)cc12. The van der Waals surface area contributed by atoms with Gasteiger partial charge in [0.1, 0.15) is 5.76 Å². The minimum atomic E-state index is -1.03. The second kappa shape index (κ2) is 5.23. The van der Waals surface area contributed by atoms with Crippen molar-refractivity contribution < 1.29 is 14.6 Å². The van der Waals surface area contributed by atoms with E-state index in [4.69, 9.17) is 9.84 Å². The van der Waals surface area contributed by atoms with Crippen LogP contribution < -0.4 is 0 Å². The van der Waals surface area contributed by atoms with Gasteiger partial charge < -0.3 is 9.84 Å². The van der Waals surface area contributed by atoms with Gasteiger partial charge in [-0.3, -0.25) is 0 Å². The molecule has 0 unspecified atom stereocenters. The van der Waals surface area contributed by atoms with E-state index >= 15 is 0 Å². The summed E-state index contributed by atoms with van der Waals surface area (Å²) in [5.74, 6) is -0.690. The van der Waals surface area contributed by atoms with E-state index < -0.39 is 5.97 Å². The fourth-order valence-corrected chi connectivity index (χ4v) is 2.18. The minimum Gasteiger partial charge on any atom is -0.496 e. The maximum atomic E-state index is 10.8. The number of carbonyl (C=O) groups is 1. The number of rotatable bonds is 3. The van der Waals surface area contributed by atoms with Crippen LogP contribution in [0.5, 0.6) is 0 Å². The van der Waals surface area contributed by atoms with E-state index in [0.717, 1.165) is 26.9 Å². The van der Waals surface area contributed by atoms with Gasteiger partial charge in [0.15, 0.2) is 0 Å². The third-order valence-electron chi connectivity index (χ3n) is 2.58. The lowest BCUT2D eigenvalue weighted by molar-refractivity contribution is -0.131. The molecule has 0 aromatic heterocycles. The van der Waals surface area contributed by atoms with E-state index in [9.17, 15) is 4.79 Å². The third kappa shape index (κ3) is 2.54. The molecule has 0 fully saturated rings. The molecule has 92 valence electrons. The predicted octanol–water partition coefficient (Wildman–Crippen LogP) is 3.67. The average Bonchev–Trinajstić information content (AvgIpc) is 2.35. The molecule has 0 saturated carbocycles. The summed E-state index contributed by atoms with van der Waals surface area (Å²) in [6, 6.07) is 11.5. The van der Waals surface area contributed by atoms with Gasteiger partial charge in [-0.05, 0) is 22.9 Å². The van der Waals surface area contributed by atoms with E-state index in [2.05, 4.69) is 15.9 Å². The molecule has 0 aliphatic heterocycles. The molecule has 2 aromatic rings. The summed E-state index contributed by atoms with van der Waals surface area (Å²) >= 11 is 3.41. The number of halogens is 1. The van der Waals surface area contributed by atoms with Crippen LogP contribution in [0.1, 0.15) is 5.56 Å². The number of carboxylic acids is 1. The highest BCUT2D eigenvalue weighted by Crippen LogP contribution is 2.28. The first kappa shape index (κ1) is 12.6. The van der Waals surface area contributed by atoms with Crippen molar-refractivity contribution in [2.45, 2.75) is 0 Å². The highest BCUT2D eigenvalue weighted by molar-refractivity contribution is 9.10. The molecule has 2 aromatic carbocycles. The fraction of sp³-hybridized carbons (Fsp3) is 0.0714. The molecule has 0 aliphatic carbocycles. The number of methoxy groups -OCH3 is 1. The molecule has 0 heterocycles. The van der Waals surface area contributed by atoms with Crippen molar-refractivity contribution in [1.29, 1.82) is 0 Å². The Hall–Kier alpha value is -1.81. The first-order chi connectivity index (χ1) is 8.61. The molecule has 18 heavy (non-hydrogen) atoms. The summed E-state index contributed by atoms with van der Waals surface area (Å²) in [5.41, 5.74) is 0.763. The van der Waals surface area contributed by atoms with Gasteiger partial charge in [-0.15, -0.1) is 0 Å². The maximum absolute atomic E-state index is 10.8. The molecule has 0 saturated heterocycles.